The Bertz CT molecular complexity index is 981. The number of esters is 1. The zero-order valence-electron chi connectivity index (χ0n) is 19.3. The van der Waals surface area contributed by atoms with Crippen LogP contribution >= 0.6 is 22.6 Å². The number of carbonyl (C=O) groups is 2. The molecule has 0 bridgehead atoms. The molecule has 1 heterocycles. The van der Waals surface area contributed by atoms with Crippen molar-refractivity contribution >= 4 is 34.3 Å². The molecule has 0 fully saturated rings. The van der Waals surface area contributed by atoms with Crippen molar-refractivity contribution in [3.05, 3.63) is 55.4 Å². The maximum atomic E-state index is 12.6. The molecule has 9 nitrogen and oxygen atoms in total. The standard InChI is InChI=1S/C23H29IN2O7/c1-6-33-21(28)16-13-25-17(20(16)14-7-9-15(24)10-8-14)11-19(26(29)30)23(2,3)12-18(27)22(31-4)32-5/h7-10,13,19,22,25H,6,11-12H2,1-5H3. The first-order chi connectivity index (χ1) is 15.5. The Kier molecular flexibility index (Phi) is 9.56. The molecule has 2 rings (SSSR count). The summed E-state index contributed by atoms with van der Waals surface area (Å²) in [5.74, 6) is -0.892. The molecule has 0 aliphatic heterocycles. The van der Waals surface area contributed by atoms with Crippen LogP contribution in [0.25, 0.3) is 11.1 Å². The molecule has 0 spiro atoms. The van der Waals surface area contributed by atoms with Crippen molar-refractivity contribution in [3.8, 4) is 11.1 Å². The number of hydrogen-bond donors (Lipinski definition) is 1. The fourth-order valence-corrected chi connectivity index (χ4v) is 4.14. The van der Waals surface area contributed by atoms with Gasteiger partial charge in [-0.15, -0.1) is 0 Å². The molecule has 0 saturated heterocycles. The first kappa shape index (κ1) is 26.9. The molecular formula is C23H29IN2O7. The van der Waals surface area contributed by atoms with Crippen LogP contribution in [0.15, 0.2) is 30.5 Å². The molecule has 1 N–H and O–H groups in total. The van der Waals surface area contributed by atoms with Crippen LogP contribution in [0, 0.1) is 19.1 Å². The number of nitro groups is 1. The minimum atomic E-state index is -1.12. The molecule has 1 unspecified atom stereocenters. The Morgan fingerprint density at radius 1 is 1.18 bits per heavy atom. The van der Waals surface area contributed by atoms with Gasteiger partial charge in [-0.3, -0.25) is 14.9 Å². The van der Waals surface area contributed by atoms with Gasteiger partial charge in [0.2, 0.25) is 12.3 Å². The van der Waals surface area contributed by atoms with E-state index < -0.39 is 23.7 Å². The highest BCUT2D eigenvalue weighted by Crippen LogP contribution is 2.35. The molecule has 1 aromatic heterocycles. The summed E-state index contributed by atoms with van der Waals surface area (Å²) in [4.78, 5) is 39.9. The van der Waals surface area contributed by atoms with Crippen molar-refractivity contribution in [1.82, 2.24) is 4.98 Å². The number of Topliss-reactive ketones (excluding diaryl/α,β-unsaturated/α-hetero) is 1. The van der Waals surface area contributed by atoms with Gasteiger partial charge in [0, 0.05) is 52.0 Å². The van der Waals surface area contributed by atoms with Gasteiger partial charge in [0.25, 0.3) is 0 Å². The molecule has 180 valence electrons. The lowest BCUT2D eigenvalue weighted by Crippen LogP contribution is -2.42. The van der Waals surface area contributed by atoms with Crippen molar-refractivity contribution in [2.45, 2.75) is 45.9 Å². The number of hydrogen-bond acceptors (Lipinski definition) is 7. The predicted octanol–water partition coefficient (Wildman–Crippen LogP) is 4.26. The quantitative estimate of drug-likeness (QED) is 0.133. The summed E-state index contributed by atoms with van der Waals surface area (Å²) in [5, 5.41) is 12.1. The summed E-state index contributed by atoms with van der Waals surface area (Å²) in [5.41, 5.74) is 1.11. The molecule has 0 saturated carbocycles. The van der Waals surface area contributed by atoms with Gasteiger partial charge < -0.3 is 19.2 Å². The Labute approximate surface area is 206 Å². The van der Waals surface area contributed by atoms with Crippen LogP contribution < -0.4 is 0 Å². The van der Waals surface area contributed by atoms with E-state index in [2.05, 4.69) is 27.6 Å². The van der Waals surface area contributed by atoms with Gasteiger partial charge >= 0.3 is 5.97 Å². The third-order valence-electron chi connectivity index (χ3n) is 5.47. The van der Waals surface area contributed by atoms with Gasteiger partial charge in [-0.2, -0.15) is 0 Å². The molecule has 1 atom stereocenters. The van der Waals surface area contributed by atoms with Crippen LogP contribution in [-0.4, -0.2) is 54.8 Å². The smallest absolute Gasteiger partial charge is 0.340 e. The number of aromatic amines is 1. The summed E-state index contributed by atoms with van der Waals surface area (Å²) in [7, 11) is 2.68. The maximum absolute atomic E-state index is 12.6. The second-order valence-electron chi connectivity index (χ2n) is 8.22. The Hall–Kier alpha value is -2.31. The Morgan fingerprint density at radius 3 is 2.30 bits per heavy atom. The van der Waals surface area contributed by atoms with Gasteiger partial charge in [-0.05, 0) is 47.2 Å². The molecule has 0 amide bonds. The summed E-state index contributed by atoms with van der Waals surface area (Å²) < 4.78 is 16.2. The van der Waals surface area contributed by atoms with E-state index in [0.717, 1.165) is 9.13 Å². The van der Waals surface area contributed by atoms with Crippen LogP contribution in [0.1, 0.15) is 43.2 Å². The normalized spacial score (nSPS) is 12.6. The summed E-state index contributed by atoms with van der Waals surface area (Å²) in [6, 6.07) is 6.38. The second-order valence-corrected chi connectivity index (χ2v) is 9.47. The van der Waals surface area contributed by atoms with Crippen LogP contribution in [0.5, 0.6) is 0 Å². The zero-order valence-corrected chi connectivity index (χ0v) is 21.5. The number of benzene rings is 1. The lowest BCUT2D eigenvalue weighted by Gasteiger charge is -2.28. The van der Waals surface area contributed by atoms with Crippen molar-refractivity contribution in [2.75, 3.05) is 20.8 Å². The van der Waals surface area contributed by atoms with E-state index >= 15 is 0 Å². The lowest BCUT2D eigenvalue weighted by atomic mass is 9.77. The lowest BCUT2D eigenvalue weighted by molar-refractivity contribution is -0.540. The Balaban J connectivity index is 2.47. The first-order valence-corrected chi connectivity index (χ1v) is 11.5. The van der Waals surface area contributed by atoms with Gasteiger partial charge in [-0.25, -0.2) is 4.79 Å². The van der Waals surface area contributed by atoms with Crippen LogP contribution in [0.4, 0.5) is 0 Å². The van der Waals surface area contributed by atoms with Gasteiger partial charge in [0.05, 0.1) is 18.6 Å². The van der Waals surface area contributed by atoms with E-state index in [0.29, 0.717) is 16.8 Å². The number of nitrogens with one attached hydrogen (secondary N) is 1. The van der Waals surface area contributed by atoms with Crippen molar-refractivity contribution < 1.29 is 28.7 Å². The fourth-order valence-electron chi connectivity index (χ4n) is 3.78. The highest BCUT2D eigenvalue weighted by atomic mass is 127. The number of methoxy groups -OCH3 is 2. The fraction of sp³-hybridized carbons (Fsp3) is 0.478. The van der Waals surface area contributed by atoms with Crippen molar-refractivity contribution in [3.63, 3.8) is 0 Å². The number of aromatic nitrogens is 1. The molecule has 1 aromatic carbocycles. The average Bonchev–Trinajstić information content (AvgIpc) is 3.16. The molecule has 0 aliphatic carbocycles. The molecule has 10 heteroatoms. The minimum absolute atomic E-state index is 0.0152. The molecule has 0 radical (unpaired) electrons. The topological polar surface area (TPSA) is 121 Å². The van der Waals surface area contributed by atoms with Crippen molar-refractivity contribution in [2.24, 2.45) is 5.41 Å². The highest BCUT2D eigenvalue weighted by molar-refractivity contribution is 14.1. The monoisotopic (exact) mass is 572 g/mol. The van der Waals surface area contributed by atoms with Crippen molar-refractivity contribution in [1.29, 1.82) is 0 Å². The number of carbonyl (C=O) groups excluding carboxylic acids is 2. The Morgan fingerprint density at radius 2 is 1.79 bits per heavy atom. The van der Waals surface area contributed by atoms with Crippen LogP contribution in [0.2, 0.25) is 0 Å². The molecular weight excluding hydrogens is 543 g/mol. The van der Waals surface area contributed by atoms with E-state index in [1.165, 1.54) is 20.4 Å². The van der Waals surface area contributed by atoms with E-state index in [9.17, 15) is 19.7 Å². The number of nitrogens with zero attached hydrogens (tertiary/aromatic N) is 1. The number of ether oxygens (including phenoxy) is 3. The molecule has 2 aromatic rings. The molecule has 0 aliphatic rings. The SMILES string of the molecule is CCOC(=O)c1c[nH]c(CC([N+](=O)[O-])C(C)(C)CC(=O)C(OC)OC)c1-c1ccc(I)cc1. The minimum Gasteiger partial charge on any atom is -0.462 e. The van der Waals surface area contributed by atoms with E-state index in [1.54, 1.807) is 20.8 Å². The third-order valence-corrected chi connectivity index (χ3v) is 6.18. The van der Waals surface area contributed by atoms with Gasteiger partial charge in [0.1, 0.15) is 0 Å². The number of rotatable bonds is 12. The van der Waals surface area contributed by atoms with E-state index in [1.807, 2.05) is 24.3 Å². The average molecular weight is 572 g/mol. The molecule has 33 heavy (non-hydrogen) atoms. The predicted molar refractivity (Wildman–Crippen MR) is 131 cm³/mol. The summed E-state index contributed by atoms with van der Waals surface area (Å²) >= 11 is 2.18. The number of halogens is 1. The van der Waals surface area contributed by atoms with Gasteiger partial charge in [-0.1, -0.05) is 26.0 Å². The number of H-pyrrole nitrogens is 1. The maximum Gasteiger partial charge on any atom is 0.340 e. The number of ketones is 1. The summed E-state index contributed by atoms with van der Waals surface area (Å²) in [6.07, 6.45) is 0.301. The van der Waals surface area contributed by atoms with Crippen LogP contribution in [0.3, 0.4) is 0 Å². The van der Waals surface area contributed by atoms with E-state index in [4.69, 9.17) is 14.2 Å². The van der Waals surface area contributed by atoms with Crippen LogP contribution in [-0.2, 0) is 25.4 Å². The van der Waals surface area contributed by atoms with Gasteiger partial charge in [0.15, 0.2) is 5.78 Å². The van der Waals surface area contributed by atoms with E-state index in [-0.39, 0.29) is 30.2 Å². The zero-order chi connectivity index (χ0) is 24.8. The largest absolute Gasteiger partial charge is 0.462 e. The second kappa shape index (κ2) is 11.7. The highest BCUT2D eigenvalue weighted by Gasteiger charge is 2.43. The third kappa shape index (κ3) is 6.61. The summed E-state index contributed by atoms with van der Waals surface area (Å²) in [6.45, 7) is 5.25. The first-order valence-electron chi connectivity index (χ1n) is 10.4.